The summed E-state index contributed by atoms with van der Waals surface area (Å²) >= 11 is 12.6. The van der Waals surface area contributed by atoms with Crippen molar-refractivity contribution in [2.45, 2.75) is 6.04 Å². The summed E-state index contributed by atoms with van der Waals surface area (Å²) in [4.78, 5) is 25.9. The number of carbonyl (C=O) groups is 2. The lowest BCUT2D eigenvalue weighted by molar-refractivity contribution is -0.137. The summed E-state index contributed by atoms with van der Waals surface area (Å²) in [5.74, 6) is -1.04. The molecule has 0 fully saturated rings. The van der Waals surface area contributed by atoms with Gasteiger partial charge in [-0.3, -0.25) is 9.59 Å². The molecule has 19 heavy (non-hydrogen) atoms. The van der Waals surface area contributed by atoms with Crippen LogP contribution in [0, 0.1) is 0 Å². The molecular formula is C10H11Cl2N3O3S. The molecule has 0 saturated heterocycles. The van der Waals surface area contributed by atoms with Gasteiger partial charge in [-0.15, -0.1) is 11.8 Å². The average Bonchev–Trinajstić information content (AvgIpc) is 2.32. The minimum Gasteiger partial charge on any atom is -0.480 e. The summed E-state index contributed by atoms with van der Waals surface area (Å²) in [6, 6.07) is 0.467. The van der Waals surface area contributed by atoms with Crippen molar-refractivity contribution in [2.24, 2.45) is 5.73 Å². The summed E-state index contributed by atoms with van der Waals surface area (Å²) in [6.45, 7) is 0. The Bertz CT molecular complexity index is 487. The van der Waals surface area contributed by atoms with Crippen molar-refractivity contribution in [3.8, 4) is 0 Å². The fourth-order valence-corrected chi connectivity index (χ4v) is 2.22. The molecule has 0 unspecified atom stereocenters. The van der Waals surface area contributed by atoms with Crippen LogP contribution in [0.15, 0.2) is 12.3 Å². The number of pyridine rings is 1. The number of nitrogens with one attached hydrogen (secondary N) is 1. The summed E-state index contributed by atoms with van der Waals surface area (Å²) in [5, 5.41) is 11.7. The van der Waals surface area contributed by atoms with E-state index in [4.69, 9.17) is 34.0 Å². The standard InChI is InChI=1S/C10H11Cl2N3O3S/c11-5-1-6(12)9(14-2-5)15-8(16)4-19-3-7(13)10(17)18/h1-2,7H,3-4,13H2,(H,17,18)(H,14,15,16)/t7-/m1/s1. The van der Waals surface area contributed by atoms with Crippen molar-refractivity contribution < 1.29 is 14.7 Å². The van der Waals surface area contributed by atoms with Crippen LogP contribution in [0.4, 0.5) is 5.82 Å². The number of nitrogens with zero attached hydrogens (tertiary/aromatic N) is 1. The van der Waals surface area contributed by atoms with Crippen molar-refractivity contribution in [3.05, 3.63) is 22.3 Å². The number of carboxylic acid groups (broad SMARTS) is 1. The maximum Gasteiger partial charge on any atom is 0.321 e. The van der Waals surface area contributed by atoms with E-state index in [0.29, 0.717) is 5.02 Å². The summed E-state index contributed by atoms with van der Waals surface area (Å²) in [5.41, 5.74) is 5.30. The number of anilines is 1. The molecule has 0 saturated carbocycles. The SMILES string of the molecule is N[C@H](CSCC(=O)Nc1ncc(Cl)cc1Cl)C(=O)O. The van der Waals surface area contributed by atoms with Gasteiger partial charge < -0.3 is 16.2 Å². The largest absolute Gasteiger partial charge is 0.480 e. The molecule has 4 N–H and O–H groups in total. The van der Waals surface area contributed by atoms with E-state index < -0.39 is 12.0 Å². The van der Waals surface area contributed by atoms with Crippen LogP contribution < -0.4 is 11.1 Å². The van der Waals surface area contributed by atoms with Gasteiger partial charge in [0.1, 0.15) is 6.04 Å². The first kappa shape index (κ1) is 16.0. The number of thioether (sulfide) groups is 1. The molecule has 1 aromatic heterocycles. The second-order valence-corrected chi connectivity index (χ2v) is 5.37. The number of hydrogen-bond acceptors (Lipinski definition) is 5. The molecule has 0 aliphatic rings. The number of hydrogen-bond donors (Lipinski definition) is 3. The van der Waals surface area contributed by atoms with Crippen LogP contribution in [-0.4, -0.2) is 39.5 Å². The van der Waals surface area contributed by atoms with Gasteiger partial charge in [-0.2, -0.15) is 0 Å². The second-order valence-electron chi connectivity index (χ2n) is 3.49. The Morgan fingerprint density at radius 3 is 2.79 bits per heavy atom. The maximum absolute atomic E-state index is 11.5. The van der Waals surface area contributed by atoms with Crippen molar-refractivity contribution >= 4 is 52.7 Å². The Morgan fingerprint density at radius 2 is 2.21 bits per heavy atom. The minimum absolute atomic E-state index is 0.0572. The molecule has 0 aliphatic carbocycles. The molecule has 0 spiro atoms. The summed E-state index contributed by atoms with van der Waals surface area (Å²) in [7, 11) is 0. The molecule has 104 valence electrons. The monoisotopic (exact) mass is 323 g/mol. The number of amides is 1. The molecule has 1 aromatic rings. The lowest BCUT2D eigenvalue weighted by Crippen LogP contribution is -2.33. The van der Waals surface area contributed by atoms with Gasteiger partial charge in [0.25, 0.3) is 0 Å². The van der Waals surface area contributed by atoms with Gasteiger partial charge in [-0.1, -0.05) is 23.2 Å². The van der Waals surface area contributed by atoms with E-state index in [1.807, 2.05) is 0 Å². The molecule has 1 atom stereocenters. The molecule has 0 aromatic carbocycles. The average molecular weight is 324 g/mol. The van der Waals surface area contributed by atoms with E-state index in [9.17, 15) is 9.59 Å². The topological polar surface area (TPSA) is 105 Å². The van der Waals surface area contributed by atoms with E-state index in [1.54, 1.807) is 0 Å². The normalized spacial score (nSPS) is 11.9. The number of aliphatic carboxylic acids is 1. The fraction of sp³-hybridized carbons (Fsp3) is 0.300. The van der Waals surface area contributed by atoms with E-state index in [0.717, 1.165) is 11.8 Å². The van der Waals surface area contributed by atoms with Gasteiger partial charge in [0.2, 0.25) is 5.91 Å². The van der Waals surface area contributed by atoms with E-state index in [1.165, 1.54) is 12.3 Å². The number of carbonyl (C=O) groups excluding carboxylic acids is 1. The third-order valence-electron chi connectivity index (χ3n) is 1.91. The molecule has 9 heteroatoms. The van der Waals surface area contributed by atoms with Crippen LogP contribution in [0.1, 0.15) is 0 Å². The Morgan fingerprint density at radius 1 is 1.53 bits per heavy atom. The molecule has 0 bridgehead atoms. The summed E-state index contributed by atoms with van der Waals surface area (Å²) in [6.07, 6.45) is 1.36. The Balaban J connectivity index is 2.41. The number of aromatic nitrogens is 1. The molecule has 1 heterocycles. The number of rotatable bonds is 6. The molecule has 1 amide bonds. The quantitative estimate of drug-likeness (QED) is 0.732. The van der Waals surface area contributed by atoms with E-state index >= 15 is 0 Å². The van der Waals surface area contributed by atoms with Crippen molar-refractivity contribution in [1.29, 1.82) is 0 Å². The van der Waals surface area contributed by atoms with E-state index in [-0.39, 0.29) is 28.3 Å². The number of carboxylic acids is 1. The van der Waals surface area contributed by atoms with Crippen LogP contribution in [0.25, 0.3) is 0 Å². The highest BCUT2D eigenvalue weighted by atomic mass is 35.5. The van der Waals surface area contributed by atoms with Gasteiger partial charge >= 0.3 is 5.97 Å². The lowest BCUT2D eigenvalue weighted by Gasteiger charge is -2.07. The first-order valence-electron chi connectivity index (χ1n) is 5.07. The third kappa shape index (κ3) is 5.65. The first-order chi connectivity index (χ1) is 8.90. The zero-order valence-corrected chi connectivity index (χ0v) is 11.9. The highest BCUT2D eigenvalue weighted by molar-refractivity contribution is 8.00. The Hall–Kier alpha value is -1.02. The highest BCUT2D eigenvalue weighted by Crippen LogP contribution is 2.22. The number of halogens is 2. The predicted molar refractivity (Wildman–Crippen MR) is 75.8 cm³/mol. The summed E-state index contributed by atoms with van der Waals surface area (Å²) < 4.78 is 0. The molecule has 1 rings (SSSR count). The van der Waals surface area contributed by atoms with E-state index in [2.05, 4.69) is 10.3 Å². The van der Waals surface area contributed by atoms with Crippen LogP contribution in [0.2, 0.25) is 10.0 Å². The second kappa shape index (κ2) is 7.54. The van der Waals surface area contributed by atoms with Crippen LogP contribution >= 0.6 is 35.0 Å². The zero-order valence-electron chi connectivity index (χ0n) is 9.60. The minimum atomic E-state index is -1.10. The highest BCUT2D eigenvalue weighted by Gasteiger charge is 2.13. The molecule has 0 aliphatic heterocycles. The Kier molecular flexibility index (Phi) is 6.36. The van der Waals surface area contributed by atoms with Gasteiger partial charge in [-0.05, 0) is 6.07 Å². The smallest absolute Gasteiger partial charge is 0.321 e. The first-order valence-corrected chi connectivity index (χ1v) is 6.98. The lowest BCUT2D eigenvalue weighted by atomic mass is 10.4. The predicted octanol–water partition coefficient (Wildman–Crippen LogP) is 1.47. The van der Waals surface area contributed by atoms with Gasteiger partial charge in [0.05, 0.1) is 15.8 Å². The molecular weight excluding hydrogens is 313 g/mol. The molecule has 6 nitrogen and oxygen atoms in total. The van der Waals surface area contributed by atoms with Gasteiger partial charge in [-0.25, -0.2) is 4.98 Å². The van der Waals surface area contributed by atoms with Crippen molar-refractivity contribution in [2.75, 3.05) is 16.8 Å². The van der Waals surface area contributed by atoms with Gasteiger partial charge in [0.15, 0.2) is 5.82 Å². The van der Waals surface area contributed by atoms with Crippen LogP contribution in [-0.2, 0) is 9.59 Å². The van der Waals surface area contributed by atoms with Crippen LogP contribution in [0.5, 0.6) is 0 Å². The van der Waals surface area contributed by atoms with Crippen LogP contribution in [0.3, 0.4) is 0 Å². The number of nitrogens with two attached hydrogens (primary N) is 1. The fourth-order valence-electron chi connectivity index (χ4n) is 1.02. The van der Waals surface area contributed by atoms with Gasteiger partial charge in [0, 0.05) is 11.9 Å². The third-order valence-corrected chi connectivity index (χ3v) is 3.47. The Labute approximate surface area is 123 Å². The van der Waals surface area contributed by atoms with Crippen molar-refractivity contribution in [1.82, 2.24) is 4.98 Å². The maximum atomic E-state index is 11.5. The van der Waals surface area contributed by atoms with Crippen molar-refractivity contribution in [3.63, 3.8) is 0 Å². The zero-order chi connectivity index (χ0) is 14.4. The molecule has 0 radical (unpaired) electrons.